The van der Waals surface area contributed by atoms with Gasteiger partial charge in [-0.15, -0.1) is 0 Å². The van der Waals surface area contributed by atoms with Crippen LogP contribution in [0.4, 0.5) is 5.82 Å². The third-order valence-electron chi connectivity index (χ3n) is 4.20. The number of pyridine rings is 1. The Morgan fingerprint density at radius 3 is 2.88 bits per heavy atom. The van der Waals surface area contributed by atoms with Crippen molar-refractivity contribution in [2.45, 2.75) is 6.92 Å². The molecule has 0 aliphatic carbocycles. The van der Waals surface area contributed by atoms with Crippen LogP contribution < -0.4 is 0 Å². The van der Waals surface area contributed by atoms with Crippen molar-refractivity contribution in [3.63, 3.8) is 0 Å². The number of hydrogen-bond donors (Lipinski definition) is 1. The highest BCUT2D eigenvalue weighted by molar-refractivity contribution is 6.33. The number of para-hydroxylation sites is 1. The molecule has 6 nitrogen and oxygen atoms in total. The van der Waals surface area contributed by atoms with Crippen LogP contribution in [0.25, 0.3) is 10.9 Å². The average molecular weight is 333 g/mol. The summed E-state index contributed by atoms with van der Waals surface area (Å²) in [5, 5.41) is 0.891. The predicted octanol–water partition coefficient (Wildman–Crippen LogP) is 3.06. The van der Waals surface area contributed by atoms with E-state index in [1.807, 2.05) is 24.3 Å². The molecule has 4 rings (SSSR count). The summed E-state index contributed by atoms with van der Waals surface area (Å²) < 4.78 is 5.14. The fourth-order valence-corrected chi connectivity index (χ4v) is 3.08. The molecule has 0 saturated heterocycles. The zero-order valence-corrected chi connectivity index (χ0v) is 13.5. The number of rotatable bonds is 3. The van der Waals surface area contributed by atoms with Gasteiger partial charge in [0.2, 0.25) is 0 Å². The van der Waals surface area contributed by atoms with Crippen molar-refractivity contribution in [1.82, 2.24) is 9.97 Å². The first kappa shape index (κ1) is 15.3. The van der Waals surface area contributed by atoms with E-state index in [9.17, 15) is 9.59 Å². The molecule has 0 saturated carbocycles. The molecule has 0 fully saturated rings. The maximum Gasteiger partial charge on any atom is 0.323 e. The zero-order valence-electron chi connectivity index (χ0n) is 13.5. The van der Waals surface area contributed by atoms with Crippen LogP contribution >= 0.6 is 0 Å². The molecule has 0 amide bonds. The van der Waals surface area contributed by atoms with E-state index in [2.05, 4.69) is 15.0 Å². The average Bonchev–Trinajstić information content (AvgIpc) is 3.06. The second-order valence-electron chi connectivity index (χ2n) is 5.67. The van der Waals surface area contributed by atoms with Gasteiger partial charge in [0.1, 0.15) is 0 Å². The molecule has 3 heterocycles. The van der Waals surface area contributed by atoms with Gasteiger partial charge in [0, 0.05) is 28.9 Å². The van der Waals surface area contributed by atoms with Crippen LogP contribution in [0.3, 0.4) is 0 Å². The van der Waals surface area contributed by atoms with Gasteiger partial charge in [0.25, 0.3) is 0 Å². The second kappa shape index (κ2) is 5.98. The molecule has 1 aliphatic rings. The van der Waals surface area contributed by atoms with Gasteiger partial charge < -0.3 is 9.72 Å². The molecule has 0 bridgehead atoms. The number of nitrogens with one attached hydrogen (secondary N) is 1. The first-order valence-electron chi connectivity index (χ1n) is 8.01. The van der Waals surface area contributed by atoms with Crippen LogP contribution in [0.1, 0.15) is 22.8 Å². The highest BCUT2D eigenvalue weighted by Gasteiger charge is 2.40. The van der Waals surface area contributed by atoms with Crippen LogP contribution in [0.5, 0.6) is 0 Å². The molecule has 2 aromatic heterocycles. The van der Waals surface area contributed by atoms with Gasteiger partial charge in [0.15, 0.2) is 17.5 Å². The highest BCUT2D eigenvalue weighted by atomic mass is 16.5. The quantitative estimate of drug-likeness (QED) is 0.590. The minimum absolute atomic E-state index is 0.198. The highest BCUT2D eigenvalue weighted by Crippen LogP contribution is 2.32. The maximum absolute atomic E-state index is 12.9. The van der Waals surface area contributed by atoms with Gasteiger partial charge in [0.05, 0.1) is 17.9 Å². The standard InChI is InChI=1S/C19H15N3O3/c1-2-25-19(24)15-16(13-10-21-14-8-4-3-6-11(13)14)22-18-12(17(15)23)7-5-9-20-18/h3-10,15,21H,2H2,1H3. The molecule has 0 spiro atoms. The summed E-state index contributed by atoms with van der Waals surface area (Å²) in [7, 11) is 0. The van der Waals surface area contributed by atoms with E-state index in [4.69, 9.17) is 4.74 Å². The number of carbonyl (C=O) groups excluding carboxylic acids is 2. The summed E-state index contributed by atoms with van der Waals surface area (Å²) >= 11 is 0. The van der Waals surface area contributed by atoms with E-state index >= 15 is 0 Å². The third-order valence-corrected chi connectivity index (χ3v) is 4.20. The Morgan fingerprint density at radius 1 is 1.20 bits per heavy atom. The number of aromatic nitrogens is 2. The van der Waals surface area contributed by atoms with Gasteiger partial charge in [-0.05, 0) is 25.1 Å². The lowest BCUT2D eigenvalue weighted by atomic mass is 9.87. The maximum atomic E-state index is 12.9. The van der Waals surface area contributed by atoms with E-state index in [0.29, 0.717) is 22.7 Å². The smallest absolute Gasteiger partial charge is 0.323 e. The number of aliphatic imine (C=N–C) groups is 1. The summed E-state index contributed by atoms with van der Waals surface area (Å²) in [6.07, 6.45) is 3.34. The minimum Gasteiger partial charge on any atom is -0.465 e. The molecule has 3 aromatic rings. The van der Waals surface area contributed by atoms with Crippen molar-refractivity contribution < 1.29 is 14.3 Å². The van der Waals surface area contributed by atoms with E-state index < -0.39 is 11.9 Å². The number of fused-ring (bicyclic) bond motifs is 2. The number of hydrogen-bond acceptors (Lipinski definition) is 5. The van der Waals surface area contributed by atoms with E-state index in [-0.39, 0.29) is 12.4 Å². The first-order chi connectivity index (χ1) is 12.2. The topological polar surface area (TPSA) is 84.4 Å². The molecule has 124 valence electrons. The summed E-state index contributed by atoms with van der Waals surface area (Å²) in [4.78, 5) is 37.3. The third kappa shape index (κ3) is 2.42. The van der Waals surface area contributed by atoms with Crippen LogP contribution in [-0.2, 0) is 9.53 Å². The number of benzene rings is 1. The largest absolute Gasteiger partial charge is 0.465 e. The number of nitrogens with zero attached hydrogens (tertiary/aromatic N) is 2. The first-order valence-corrected chi connectivity index (χ1v) is 8.01. The number of H-pyrrole nitrogens is 1. The van der Waals surface area contributed by atoms with Crippen molar-refractivity contribution in [3.05, 3.63) is 59.9 Å². The van der Waals surface area contributed by atoms with E-state index in [1.165, 1.54) is 0 Å². The van der Waals surface area contributed by atoms with Crippen LogP contribution in [0.15, 0.2) is 53.8 Å². The lowest BCUT2D eigenvalue weighted by Crippen LogP contribution is -2.36. The van der Waals surface area contributed by atoms with Crippen molar-refractivity contribution in [2.75, 3.05) is 6.61 Å². The normalized spacial score (nSPS) is 16.4. The number of Topliss-reactive ketones (excluding diaryl/α,β-unsaturated/α-hetero) is 1. The molecular weight excluding hydrogens is 318 g/mol. The van der Waals surface area contributed by atoms with Gasteiger partial charge in [-0.25, -0.2) is 9.98 Å². The SMILES string of the molecule is CCOC(=O)C1C(=O)c2cccnc2N=C1c1c[nH]c2ccccc12. The Labute approximate surface area is 143 Å². The molecule has 1 aromatic carbocycles. The molecule has 1 unspecified atom stereocenters. The lowest BCUT2D eigenvalue weighted by molar-refractivity contribution is -0.144. The van der Waals surface area contributed by atoms with Crippen LogP contribution in [0.2, 0.25) is 0 Å². The molecule has 1 N–H and O–H groups in total. The van der Waals surface area contributed by atoms with E-state index in [0.717, 1.165) is 10.9 Å². The number of esters is 1. The Balaban J connectivity index is 1.94. The summed E-state index contributed by atoms with van der Waals surface area (Å²) in [5.74, 6) is -1.69. The van der Waals surface area contributed by atoms with Crippen LogP contribution in [0, 0.1) is 5.92 Å². The Kier molecular flexibility index (Phi) is 3.65. The number of carbonyl (C=O) groups is 2. The predicted molar refractivity (Wildman–Crippen MR) is 93.2 cm³/mol. The molecule has 6 heteroatoms. The summed E-state index contributed by atoms with van der Waals surface area (Å²) in [6, 6.07) is 10.9. The molecule has 1 aliphatic heterocycles. The van der Waals surface area contributed by atoms with Crippen molar-refractivity contribution in [3.8, 4) is 0 Å². The zero-order chi connectivity index (χ0) is 17.4. The fourth-order valence-electron chi connectivity index (χ4n) is 3.08. The van der Waals surface area contributed by atoms with Gasteiger partial charge in [-0.3, -0.25) is 9.59 Å². The van der Waals surface area contributed by atoms with Gasteiger partial charge in [-0.1, -0.05) is 18.2 Å². The van der Waals surface area contributed by atoms with Crippen molar-refractivity contribution in [2.24, 2.45) is 10.9 Å². The van der Waals surface area contributed by atoms with Crippen molar-refractivity contribution >= 4 is 34.2 Å². The Hall–Kier alpha value is -3.28. The second-order valence-corrected chi connectivity index (χ2v) is 5.67. The summed E-state index contributed by atoms with van der Waals surface area (Å²) in [6.45, 7) is 1.91. The van der Waals surface area contributed by atoms with Gasteiger partial charge in [-0.2, -0.15) is 0 Å². The monoisotopic (exact) mass is 333 g/mol. The molecule has 25 heavy (non-hydrogen) atoms. The summed E-state index contributed by atoms with van der Waals surface area (Å²) in [5.41, 5.74) is 2.32. The minimum atomic E-state index is -1.09. The number of ketones is 1. The van der Waals surface area contributed by atoms with Gasteiger partial charge >= 0.3 is 5.97 Å². The lowest BCUT2D eigenvalue weighted by Gasteiger charge is -2.21. The number of aromatic amines is 1. The van der Waals surface area contributed by atoms with E-state index in [1.54, 1.807) is 31.5 Å². The Morgan fingerprint density at radius 2 is 2.04 bits per heavy atom. The fraction of sp³-hybridized carbons (Fsp3) is 0.158. The van der Waals surface area contributed by atoms with Crippen LogP contribution in [-0.4, -0.2) is 34.0 Å². The van der Waals surface area contributed by atoms with Crippen molar-refractivity contribution in [1.29, 1.82) is 0 Å². The molecule has 1 atom stereocenters. The Bertz CT molecular complexity index is 1020. The molecule has 0 radical (unpaired) electrons. The number of ether oxygens (including phenoxy) is 1. The molecular formula is C19H15N3O3.